The van der Waals surface area contributed by atoms with Gasteiger partial charge in [0.15, 0.2) is 0 Å². The maximum absolute atomic E-state index is 12.4. The Morgan fingerprint density at radius 3 is 2.61 bits per heavy atom. The molecule has 0 atom stereocenters. The maximum atomic E-state index is 12.4. The number of rotatable bonds is 1. The zero-order valence-electron chi connectivity index (χ0n) is 12.7. The predicted molar refractivity (Wildman–Crippen MR) is 84.6 cm³/mol. The number of aryl methyl sites for hydroxylation is 1. The van der Waals surface area contributed by atoms with E-state index in [2.05, 4.69) is 11.4 Å². The van der Waals surface area contributed by atoms with Crippen molar-refractivity contribution in [2.75, 3.05) is 5.32 Å². The highest BCUT2D eigenvalue weighted by Crippen LogP contribution is 2.39. The van der Waals surface area contributed by atoms with E-state index in [1.54, 1.807) is 6.07 Å². The lowest BCUT2D eigenvalue weighted by molar-refractivity contribution is -0.114. The van der Waals surface area contributed by atoms with Gasteiger partial charge in [0, 0.05) is 12.3 Å². The molecule has 4 rings (SSSR count). The first kappa shape index (κ1) is 13.9. The summed E-state index contributed by atoms with van der Waals surface area (Å²) in [7, 11) is 0. The normalized spacial score (nSPS) is 16.0. The third-order valence-corrected chi connectivity index (χ3v) is 4.53. The first-order valence-corrected chi connectivity index (χ1v) is 7.72. The molecule has 0 bridgehead atoms. The first-order chi connectivity index (χ1) is 11.1. The highest BCUT2D eigenvalue weighted by molar-refractivity contribution is 6.24. The molecule has 0 aromatic heterocycles. The van der Waals surface area contributed by atoms with E-state index in [1.165, 1.54) is 6.92 Å². The molecule has 0 spiro atoms. The molecular weight excluding hydrogens is 294 g/mol. The number of benzene rings is 2. The summed E-state index contributed by atoms with van der Waals surface area (Å²) in [5.41, 5.74) is 3.31. The molecule has 1 aliphatic heterocycles. The number of hydrogen-bond acceptors (Lipinski definition) is 4. The molecule has 1 N–H and O–H groups in total. The van der Waals surface area contributed by atoms with E-state index in [4.69, 9.17) is 4.74 Å². The summed E-state index contributed by atoms with van der Waals surface area (Å²) in [5.74, 6) is -1.55. The molecule has 1 amide bonds. The van der Waals surface area contributed by atoms with E-state index in [9.17, 15) is 14.4 Å². The van der Waals surface area contributed by atoms with E-state index >= 15 is 0 Å². The van der Waals surface area contributed by atoms with Crippen molar-refractivity contribution in [3.63, 3.8) is 0 Å². The largest absolute Gasteiger partial charge is 0.386 e. The van der Waals surface area contributed by atoms with Crippen LogP contribution in [0.5, 0.6) is 0 Å². The van der Waals surface area contributed by atoms with E-state index < -0.39 is 11.9 Å². The smallest absolute Gasteiger partial charge is 0.348 e. The van der Waals surface area contributed by atoms with E-state index in [0.717, 1.165) is 42.2 Å². The molecule has 1 aliphatic carbocycles. The third kappa shape index (κ3) is 2.04. The van der Waals surface area contributed by atoms with Crippen LogP contribution >= 0.6 is 0 Å². The molecular formula is C18H15NO4. The number of ether oxygens (including phenoxy) is 1. The zero-order chi connectivity index (χ0) is 16.1. The van der Waals surface area contributed by atoms with Gasteiger partial charge >= 0.3 is 11.9 Å². The van der Waals surface area contributed by atoms with Gasteiger partial charge in [-0.3, -0.25) is 4.79 Å². The Morgan fingerprint density at radius 1 is 1.09 bits per heavy atom. The van der Waals surface area contributed by atoms with Crippen LogP contribution in [-0.2, 0) is 22.4 Å². The fraction of sp³-hybridized carbons (Fsp3) is 0.278. The summed E-state index contributed by atoms with van der Waals surface area (Å²) in [4.78, 5) is 36.0. The molecule has 116 valence electrons. The average Bonchev–Trinajstić information content (AvgIpc) is 2.51. The van der Waals surface area contributed by atoms with Crippen molar-refractivity contribution in [2.45, 2.75) is 32.6 Å². The van der Waals surface area contributed by atoms with Gasteiger partial charge in [-0.2, -0.15) is 0 Å². The lowest BCUT2D eigenvalue weighted by Crippen LogP contribution is -2.24. The quantitative estimate of drug-likeness (QED) is 0.649. The summed E-state index contributed by atoms with van der Waals surface area (Å²) in [6.07, 6.45) is 3.87. The van der Waals surface area contributed by atoms with Gasteiger partial charge in [-0.1, -0.05) is 12.1 Å². The molecule has 0 saturated carbocycles. The van der Waals surface area contributed by atoms with Crippen LogP contribution in [0.25, 0.3) is 10.8 Å². The second-order valence-electron chi connectivity index (χ2n) is 6.04. The maximum Gasteiger partial charge on any atom is 0.348 e. The molecule has 5 nitrogen and oxygen atoms in total. The third-order valence-electron chi connectivity index (χ3n) is 4.53. The Hall–Kier alpha value is -2.69. The average molecular weight is 309 g/mol. The topological polar surface area (TPSA) is 72.5 Å². The second kappa shape index (κ2) is 4.91. The summed E-state index contributed by atoms with van der Waals surface area (Å²) < 4.78 is 4.96. The minimum Gasteiger partial charge on any atom is -0.386 e. The molecule has 0 unspecified atom stereocenters. The minimum atomic E-state index is -0.701. The van der Waals surface area contributed by atoms with Gasteiger partial charge in [0.2, 0.25) is 5.91 Å². The van der Waals surface area contributed by atoms with Crippen LogP contribution in [-0.4, -0.2) is 17.8 Å². The summed E-state index contributed by atoms with van der Waals surface area (Å²) in [6.45, 7) is 1.38. The van der Waals surface area contributed by atoms with Crippen LogP contribution in [0.1, 0.15) is 51.6 Å². The molecule has 0 saturated heterocycles. The summed E-state index contributed by atoms with van der Waals surface area (Å²) in [5, 5.41) is 4.10. The molecule has 2 aliphatic rings. The molecule has 23 heavy (non-hydrogen) atoms. The van der Waals surface area contributed by atoms with Gasteiger partial charge < -0.3 is 10.1 Å². The highest BCUT2D eigenvalue weighted by atomic mass is 16.6. The number of carbonyl (C=O) groups is 3. The summed E-state index contributed by atoms with van der Waals surface area (Å²) >= 11 is 0. The zero-order valence-corrected chi connectivity index (χ0v) is 12.7. The molecule has 1 heterocycles. The van der Waals surface area contributed by atoms with Crippen molar-refractivity contribution in [3.05, 3.63) is 40.5 Å². The number of hydrogen-bond donors (Lipinski definition) is 1. The number of amides is 1. The van der Waals surface area contributed by atoms with Crippen LogP contribution in [0.15, 0.2) is 18.2 Å². The van der Waals surface area contributed by atoms with Crippen molar-refractivity contribution in [1.82, 2.24) is 0 Å². The van der Waals surface area contributed by atoms with Crippen LogP contribution in [0.4, 0.5) is 5.69 Å². The lowest BCUT2D eigenvalue weighted by Gasteiger charge is -2.25. The van der Waals surface area contributed by atoms with E-state index in [1.807, 2.05) is 6.07 Å². The van der Waals surface area contributed by atoms with Gasteiger partial charge in [-0.15, -0.1) is 0 Å². The molecule has 2 aromatic carbocycles. The Bertz CT molecular complexity index is 898. The molecule has 2 aromatic rings. The van der Waals surface area contributed by atoms with Crippen molar-refractivity contribution in [3.8, 4) is 0 Å². The van der Waals surface area contributed by atoms with Crippen LogP contribution < -0.4 is 5.32 Å². The van der Waals surface area contributed by atoms with Crippen LogP contribution in [0, 0.1) is 0 Å². The first-order valence-electron chi connectivity index (χ1n) is 7.72. The SMILES string of the molecule is CC(=O)Nc1ccc2cc3c(c4c2c1C(=O)OC4=O)CCCC3. The number of nitrogens with one attached hydrogen (secondary N) is 1. The number of cyclic esters (lactones) is 2. The van der Waals surface area contributed by atoms with Crippen molar-refractivity contribution >= 4 is 34.3 Å². The number of esters is 2. The number of anilines is 1. The Kier molecular flexibility index (Phi) is 2.98. The fourth-order valence-electron chi connectivity index (χ4n) is 3.64. The second-order valence-corrected chi connectivity index (χ2v) is 6.04. The Labute approximate surface area is 132 Å². The molecule has 0 radical (unpaired) electrons. The van der Waals surface area contributed by atoms with Gasteiger partial charge in [0.25, 0.3) is 0 Å². The standard InChI is InChI=1S/C18H15NO4/c1-9(20)19-13-7-6-11-8-10-4-2-3-5-12(10)15-14(11)16(13)18(22)23-17(15)21/h6-8H,2-5H2,1H3,(H,19,20). The Morgan fingerprint density at radius 2 is 1.83 bits per heavy atom. The van der Waals surface area contributed by atoms with Gasteiger partial charge in [-0.05, 0) is 48.3 Å². The molecule has 5 heteroatoms. The minimum absolute atomic E-state index is 0.273. The number of carbonyl (C=O) groups excluding carboxylic acids is 3. The fourth-order valence-corrected chi connectivity index (χ4v) is 3.64. The lowest BCUT2D eigenvalue weighted by atomic mass is 9.83. The predicted octanol–water partition coefficient (Wildman–Crippen LogP) is 2.99. The van der Waals surface area contributed by atoms with Gasteiger partial charge in [0.1, 0.15) is 0 Å². The van der Waals surface area contributed by atoms with Gasteiger partial charge in [-0.25, -0.2) is 9.59 Å². The monoisotopic (exact) mass is 309 g/mol. The number of fused-ring (bicyclic) bond motifs is 2. The van der Waals surface area contributed by atoms with E-state index in [0.29, 0.717) is 16.6 Å². The van der Waals surface area contributed by atoms with Crippen molar-refractivity contribution in [1.29, 1.82) is 0 Å². The van der Waals surface area contributed by atoms with Gasteiger partial charge in [0.05, 0.1) is 16.8 Å². The van der Waals surface area contributed by atoms with E-state index in [-0.39, 0.29) is 11.5 Å². The van der Waals surface area contributed by atoms with Crippen molar-refractivity contribution in [2.24, 2.45) is 0 Å². The summed E-state index contributed by atoms with van der Waals surface area (Å²) in [6, 6.07) is 5.59. The van der Waals surface area contributed by atoms with Crippen LogP contribution in [0.2, 0.25) is 0 Å². The van der Waals surface area contributed by atoms with Crippen molar-refractivity contribution < 1.29 is 19.1 Å². The Balaban J connectivity index is 2.11. The molecule has 0 fully saturated rings. The highest BCUT2D eigenvalue weighted by Gasteiger charge is 2.33. The van der Waals surface area contributed by atoms with Crippen LogP contribution in [0.3, 0.4) is 0 Å².